The Hall–Kier alpha value is -0.730. The quantitative estimate of drug-likeness (QED) is 0.763. The number of halogens is 1. The largest absolute Gasteiger partial charge is 0.497 e. The molecule has 2 rings (SSSR count). The molecule has 0 aromatic heterocycles. The van der Waals surface area contributed by atoms with Gasteiger partial charge in [0.1, 0.15) is 5.75 Å². The van der Waals surface area contributed by atoms with Gasteiger partial charge in [-0.15, -0.1) is 11.6 Å². The molecule has 2 unspecified atom stereocenters. The maximum Gasteiger partial charge on any atom is 0.118 e. The Labute approximate surface area is 121 Å². The normalized spacial score (nSPS) is 23.6. The molecule has 0 bridgehead atoms. The van der Waals surface area contributed by atoms with E-state index in [-0.39, 0.29) is 0 Å². The minimum atomic E-state index is 0.328. The van der Waals surface area contributed by atoms with E-state index < -0.39 is 0 Å². The predicted molar refractivity (Wildman–Crippen MR) is 81.2 cm³/mol. The maximum absolute atomic E-state index is 6.44. The SMILES string of the molecule is COc1ccc(CCN(C)C2CCCCC2Cl)cc1. The smallest absolute Gasteiger partial charge is 0.118 e. The summed E-state index contributed by atoms with van der Waals surface area (Å²) in [6.45, 7) is 1.07. The number of alkyl halides is 1. The van der Waals surface area contributed by atoms with E-state index in [2.05, 4.69) is 24.1 Å². The highest BCUT2D eigenvalue weighted by Crippen LogP contribution is 2.26. The zero-order chi connectivity index (χ0) is 13.7. The van der Waals surface area contributed by atoms with E-state index in [1.165, 1.54) is 31.2 Å². The number of likely N-dealkylation sites (N-methyl/N-ethyl adjacent to an activating group) is 1. The van der Waals surface area contributed by atoms with E-state index >= 15 is 0 Å². The van der Waals surface area contributed by atoms with Crippen LogP contribution >= 0.6 is 11.6 Å². The van der Waals surface area contributed by atoms with E-state index in [4.69, 9.17) is 16.3 Å². The highest BCUT2D eigenvalue weighted by molar-refractivity contribution is 6.21. The average Bonchev–Trinajstić information content (AvgIpc) is 2.46. The Morgan fingerprint density at radius 1 is 1.21 bits per heavy atom. The fourth-order valence-corrected chi connectivity index (χ4v) is 3.30. The van der Waals surface area contributed by atoms with Gasteiger partial charge in [0.2, 0.25) is 0 Å². The third kappa shape index (κ3) is 4.12. The van der Waals surface area contributed by atoms with Crippen molar-refractivity contribution in [1.29, 1.82) is 0 Å². The van der Waals surface area contributed by atoms with Crippen molar-refractivity contribution in [2.75, 3.05) is 20.7 Å². The highest BCUT2D eigenvalue weighted by atomic mass is 35.5. The van der Waals surface area contributed by atoms with E-state index in [0.29, 0.717) is 11.4 Å². The molecule has 1 aliphatic rings. The number of benzene rings is 1. The van der Waals surface area contributed by atoms with Gasteiger partial charge in [0, 0.05) is 18.0 Å². The number of hydrogen-bond donors (Lipinski definition) is 0. The molecule has 2 atom stereocenters. The van der Waals surface area contributed by atoms with Crippen LogP contribution in [0.25, 0.3) is 0 Å². The van der Waals surface area contributed by atoms with Gasteiger partial charge in [0.25, 0.3) is 0 Å². The van der Waals surface area contributed by atoms with Crippen molar-refractivity contribution in [1.82, 2.24) is 4.90 Å². The first-order valence-electron chi connectivity index (χ1n) is 7.18. The molecule has 1 aliphatic carbocycles. The van der Waals surface area contributed by atoms with Crippen LogP contribution in [0, 0.1) is 0 Å². The number of rotatable bonds is 5. The monoisotopic (exact) mass is 281 g/mol. The summed E-state index contributed by atoms with van der Waals surface area (Å²) in [5.74, 6) is 0.921. The Bertz CT molecular complexity index is 379. The van der Waals surface area contributed by atoms with Gasteiger partial charge in [-0.1, -0.05) is 25.0 Å². The molecular weight excluding hydrogens is 258 g/mol. The Balaban J connectivity index is 1.83. The lowest BCUT2D eigenvalue weighted by Crippen LogP contribution is -2.41. The van der Waals surface area contributed by atoms with Gasteiger partial charge in [-0.3, -0.25) is 0 Å². The fraction of sp³-hybridized carbons (Fsp3) is 0.625. The molecule has 0 radical (unpaired) electrons. The molecule has 1 aromatic rings. The van der Waals surface area contributed by atoms with Gasteiger partial charge in [-0.2, -0.15) is 0 Å². The van der Waals surface area contributed by atoms with Crippen LogP contribution in [0.15, 0.2) is 24.3 Å². The second-order valence-electron chi connectivity index (χ2n) is 5.45. The number of hydrogen-bond acceptors (Lipinski definition) is 2. The third-order valence-corrected chi connectivity index (χ3v) is 4.63. The first-order valence-corrected chi connectivity index (χ1v) is 7.61. The molecule has 0 N–H and O–H groups in total. The first-order chi connectivity index (χ1) is 9.20. The molecule has 1 fully saturated rings. The summed E-state index contributed by atoms with van der Waals surface area (Å²) < 4.78 is 5.18. The van der Waals surface area contributed by atoms with Crippen LogP contribution in [0.5, 0.6) is 5.75 Å². The van der Waals surface area contributed by atoms with Gasteiger partial charge in [0.05, 0.1) is 7.11 Å². The standard InChI is InChI=1S/C16H24ClNO/c1-18(16-6-4-3-5-15(16)17)12-11-13-7-9-14(19-2)10-8-13/h7-10,15-16H,3-6,11-12H2,1-2H3. The topological polar surface area (TPSA) is 12.5 Å². The molecule has 0 saturated heterocycles. The summed E-state index contributed by atoms with van der Waals surface area (Å²) in [7, 11) is 3.90. The molecule has 19 heavy (non-hydrogen) atoms. The number of nitrogens with zero attached hydrogens (tertiary/aromatic N) is 1. The lowest BCUT2D eigenvalue weighted by atomic mass is 9.93. The summed E-state index contributed by atoms with van der Waals surface area (Å²) >= 11 is 6.44. The van der Waals surface area contributed by atoms with Crippen molar-refractivity contribution in [2.45, 2.75) is 43.5 Å². The van der Waals surface area contributed by atoms with Crippen molar-refractivity contribution in [2.24, 2.45) is 0 Å². The van der Waals surface area contributed by atoms with Crippen LogP contribution in [0.1, 0.15) is 31.2 Å². The van der Waals surface area contributed by atoms with Crippen molar-refractivity contribution in [3.8, 4) is 5.75 Å². The third-order valence-electron chi connectivity index (χ3n) is 4.13. The molecule has 1 aromatic carbocycles. The van der Waals surface area contributed by atoms with Crippen LogP contribution < -0.4 is 4.74 Å². The van der Waals surface area contributed by atoms with Crippen LogP contribution in [0.2, 0.25) is 0 Å². The van der Waals surface area contributed by atoms with Gasteiger partial charge in [0.15, 0.2) is 0 Å². The minimum Gasteiger partial charge on any atom is -0.497 e. The number of methoxy groups -OCH3 is 1. The van der Waals surface area contributed by atoms with Crippen LogP contribution in [0.4, 0.5) is 0 Å². The second-order valence-corrected chi connectivity index (χ2v) is 6.01. The second kappa shape index (κ2) is 7.16. The summed E-state index contributed by atoms with van der Waals surface area (Å²) in [6.07, 6.45) is 6.09. The van der Waals surface area contributed by atoms with E-state index in [9.17, 15) is 0 Å². The molecule has 2 nitrogen and oxygen atoms in total. The molecule has 1 saturated carbocycles. The molecule has 106 valence electrons. The minimum absolute atomic E-state index is 0.328. The van der Waals surface area contributed by atoms with Crippen LogP contribution in [-0.4, -0.2) is 37.0 Å². The fourth-order valence-electron chi connectivity index (χ4n) is 2.83. The highest BCUT2D eigenvalue weighted by Gasteiger charge is 2.26. The summed E-state index contributed by atoms with van der Waals surface area (Å²) in [5, 5.41) is 0.328. The summed E-state index contributed by atoms with van der Waals surface area (Å²) in [5.41, 5.74) is 1.36. The van der Waals surface area contributed by atoms with Gasteiger partial charge in [-0.25, -0.2) is 0 Å². The molecule has 0 heterocycles. The lowest BCUT2D eigenvalue weighted by Gasteiger charge is -2.35. The van der Waals surface area contributed by atoms with Gasteiger partial charge in [-0.05, 0) is 44.0 Å². The Kier molecular flexibility index (Phi) is 5.53. The maximum atomic E-state index is 6.44. The zero-order valence-corrected chi connectivity index (χ0v) is 12.7. The van der Waals surface area contributed by atoms with Crippen molar-refractivity contribution >= 4 is 11.6 Å². The summed E-state index contributed by atoms with van der Waals surface area (Å²) in [4.78, 5) is 2.43. The molecule has 0 spiro atoms. The molecule has 3 heteroatoms. The van der Waals surface area contributed by atoms with Crippen molar-refractivity contribution < 1.29 is 4.74 Å². The van der Waals surface area contributed by atoms with Gasteiger partial charge < -0.3 is 9.64 Å². The van der Waals surface area contributed by atoms with Crippen molar-refractivity contribution in [3.05, 3.63) is 29.8 Å². The van der Waals surface area contributed by atoms with E-state index in [1.807, 2.05) is 12.1 Å². The lowest BCUT2D eigenvalue weighted by molar-refractivity contribution is 0.198. The van der Waals surface area contributed by atoms with E-state index in [0.717, 1.165) is 18.7 Å². The zero-order valence-electron chi connectivity index (χ0n) is 11.9. The summed E-state index contributed by atoms with van der Waals surface area (Å²) in [6, 6.07) is 8.89. The molecule has 0 aliphatic heterocycles. The first kappa shape index (κ1) is 14.7. The van der Waals surface area contributed by atoms with Gasteiger partial charge >= 0.3 is 0 Å². The average molecular weight is 282 g/mol. The number of ether oxygens (including phenoxy) is 1. The van der Waals surface area contributed by atoms with Crippen LogP contribution in [-0.2, 0) is 6.42 Å². The predicted octanol–water partition coefficient (Wildman–Crippen LogP) is 3.72. The molecule has 0 amide bonds. The van der Waals surface area contributed by atoms with Crippen LogP contribution in [0.3, 0.4) is 0 Å². The van der Waals surface area contributed by atoms with Crippen molar-refractivity contribution in [3.63, 3.8) is 0 Å². The molecular formula is C16H24ClNO. The Morgan fingerprint density at radius 2 is 1.89 bits per heavy atom. The Morgan fingerprint density at radius 3 is 2.53 bits per heavy atom. The van der Waals surface area contributed by atoms with E-state index in [1.54, 1.807) is 7.11 Å².